The zero-order valence-electron chi connectivity index (χ0n) is 8.16. The third-order valence-electron chi connectivity index (χ3n) is 2.45. The van der Waals surface area contributed by atoms with Crippen molar-refractivity contribution in [2.24, 2.45) is 0 Å². The van der Waals surface area contributed by atoms with Gasteiger partial charge in [-0.1, -0.05) is 6.08 Å². The minimum Gasteiger partial charge on any atom is -0.295 e. The van der Waals surface area contributed by atoms with Crippen molar-refractivity contribution in [2.45, 2.75) is 38.8 Å². The average molecular weight is 202 g/mol. The van der Waals surface area contributed by atoms with E-state index in [2.05, 4.69) is 18.7 Å². The Morgan fingerprint density at radius 1 is 1.62 bits per heavy atom. The molecule has 0 aromatic heterocycles. The van der Waals surface area contributed by atoms with Crippen LogP contribution in [0.5, 0.6) is 0 Å². The normalized spacial score (nSPS) is 24.8. The maximum absolute atomic E-state index is 10.5. The van der Waals surface area contributed by atoms with Crippen LogP contribution in [0.3, 0.4) is 0 Å². The van der Waals surface area contributed by atoms with Crippen LogP contribution in [0.15, 0.2) is 12.2 Å². The number of allylic oxidation sites excluding steroid dienone is 1. The Kier molecular flexibility index (Phi) is 3.94. The summed E-state index contributed by atoms with van der Waals surface area (Å²) in [7, 11) is 0. The van der Waals surface area contributed by atoms with Crippen molar-refractivity contribution < 1.29 is 4.79 Å². The van der Waals surface area contributed by atoms with Crippen LogP contribution in [0.4, 0.5) is 0 Å². The summed E-state index contributed by atoms with van der Waals surface area (Å²) in [5.74, 6) is 0. The zero-order valence-corrected chi connectivity index (χ0v) is 8.92. The van der Waals surface area contributed by atoms with E-state index in [-0.39, 0.29) is 5.24 Å². The van der Waals surface area contributed by atoms with Gasteiger partial charge in [0.05, 0.1) is 0 Å². The maximum atomic E-state index is 10.5. The number of carbonyl (C=O) groups excluding carboxylic acids is 1. The van der Waals surface area contributed by atoms with Gasteiger partial charge in [-0.3, -0.25) is 9.69 Å². The average Bonchev–Trinajstić information content (AvgIpc) is 2.47. The second-order valence-electron chi connectivity index (χ2n) is 3.70. The highest BCUT2D eigenvalue weighted by Crippen LogP contribution is 2.20. The van der Waals surface area contributed by atoms with E-state index < -0.39 is 0 Å². The molecule has 1 rings (SSSR count). The van der Waals surface area contributed by atoms with Crippen LogP contribution in [-0.2, 0) is 4.79 Å². The van der Waals surface area contributed by atoms with Crippen molar-refractivity contribution in [3.05, 3.63) is 12.2 Å². The van der Waals surface area contributed by atoms with Crippen molar-refractivity contribution in [3.63, 3.8) is 0 Å². The lowest BCUT2D eigenvalue weighted by Gasteiger charge is -2.25. The molecule has 1 unspecified atom stereocenters. The van der Waals surface area contributed by atoms with E-state index in [1.54, 1.807) is 0 Å². The molecule has 0 saturated carbocycles. The summed E-state index contributed by atoms with van der Waals surface area (Å²) in [5.41, 5.74) is 0. The molecule has 0 aliphatic carbocycles. The molecular formula is C10H16ClNO. The van der Waals surface area contributed by atoms with Crippen molar-refractivity contribution in [2.75, 3.05) is 6.54 Å². The van der Waals surface area contributed by atoms with Crippen LogP contribution >= 0.6 is 11.6 Å². The van der Waals surface area contributed by atoms with E-state index in [1.165, 1.54) is 12.5 Å². The van der Waals surface area contributed by atoms with Gasteiger partial charge in [0.1, 0.15) is 0 Å². The summed E-state index contributed by atoms with van der Waals surface area (Å²) >= 11 is 5.24. The predicted octanol–water partition coefficient (Wildman–Crippen LogP) is 2.18. The van der Waals surface area contributed by atoms with Crippen LogP contribution < -0.4 is 0 Å². The van der Waals surface area contributed by atoms with E-state index in [4.69, 9.17) is 11.6 Å². The maximum Gasteiger partial charge on any atom is 0.244 e. The van der Waals surface area contributed by atoms with Crippen molar-refractivity contribution in [1.29, 1.82) is 0 Å². The molecular weight excluding hydrogens is 186 g/mol. The van der Waals surface area contributed by atoms with Crippen LogP contribution in [0.2, 0.25) is 0 Å². The smallest absolute Gasteiger partial charge is 0.244 e. The minimum absolute atomic E-state index is 0.379. The molecule has 0 spiro atoms. The molecule has 1 fully saturated rings. The fourth-order valence-corrected chi connectivity index (χ4v) is 1.92. The Morgan fingerprint density at radius 3 is 2.85 bits per heavy atom. The van der Waals surface area contributed by atoms with Gasteiger partial charge >= 0.3 is 0 Å². The SMILES string of the molecule is CC(C)N1CCCC1/C=C/C(=O)Cl. The Hall–Kier alpha value is -0.340. The van der Waals surface area contributed by atoms with E-state index in [0.717, 1.165) is 13.0 Å². The molecule has 2 nitrogen and oxygen atoms in total. The molecule has 1 aliphatic heterocycles. The highest BCUT2D eigenvalue weighted by Gasteiger charge is 2.23. The van der Waals surface area contributed by atoms with Crippen LogP contribution in [0.1, 0.15) is 26.7 Å². The lowest BCUT2D eigenvalue weighted by atomic mass is 10.2. The molecule has 0 N–H and O–H groups in total. The highest BCUT2D eigenvalue weighted by molar-refractivity contribution is 6.66. The molecule has 1 heterocycles. The Balaban J connectivity index is 2.53. The number of nitrogens with zero attached hydrogens (tertiary/aromatic N) is 1. The Morgan fingerprint density at radius 2 is 2.31 bits per heavy atom. The zero-order chi connectivity index (χ0) is 9.84. The van der Waals surface area contributed by atoms with E-state index in [1.807, 2.05) is 6.08 Å². The number of rotatable bonds is 3. The van der Waals surface area contributed by atoms with Gasteiger partial charge < -0.3 is 0 Å². The summed E-state index contributed by atoms with van der Waals surface area (Å²) in [6, 6.07) is 0.949. The van der Waals surface area contributed by atoms with Crippen molar-refractivity contribution >= 4 is 16.8 Å². The number of hydrogen-bond acceptors (Lipinski definition) is 2. The first-order chi connectivity index (χ1) is 6.11. The van der Waals surface area contributed by atoms with Crippen molar-refractivity contribution in [3.8, 4) is 0 Å². The molecule has 0 radical (unpaired) electrons. The first-order valence-corrected chi connectivity index (χ1v) is 5.12. The fraction of sp³-hybridized carbons (Fsp3) is 0.700. The first kappa shape index (κ1) is 10.7. The first-order valence-electron chi connectivity index (χ1n) is 4.74. The predicted molar refractivity (Wildman–Crippen MR) is 54.9 cm³/mol. The van der Waals surface area contributed by atoms with Gasteiger partial charge in [0.2, 0.25) is 5.24 Å². The topological polar surface area (TPSA) is 20.3 Å². The summed E-state index contributed by atoms with van der Waals surface area (Å²) in [6.07, 6.45) is 5.73. The molecule has 13 heavy (non-hydrogen) atoms. The van der Waals surface area contributed by atoms with Gasteiger partial charge in [0.25, 0.3) is 0 Å². The molecule has 0 bridgehead atoms. The number of likely N-dealkylation sites (tertiary alicyclic amines) is 1. The summed E-state index contributed by atoms with van der Waals surface area (Å²) in [4.78, 5) is 12.9. The summed E-state index contributed by atoms with van der Waals surface area (Å²) in [5, 5.41) is -0.379. The van der Waals surface area contributed by atoms with Gasteiger partial charge in [-0.15, -0.1) is 0 Å². The second-order valence-corrected chi connectivity index (χ2v) is 4.08. The largest absolute Gasteiger partial charge is 0.295 e. The Bertz CT molecular complexity index is 213. The number of carbonyl (C=O) groups is 1. The van der Waals surface area contributed by atoms with Crippen molar-refractivity contribution in [1.82, 2.24) is 4.90 Å². The van der Waals surface area contributed by atoms with E-state index in [0.29, 0.717) is 12.1 Å². The molecule has 1 aliphatic rings. The third kappa shape index (κ3) is 3.12. The standard InChI is InChI=1S/C10H16ClNO/c1-8(2)12-7-3-4-9(12)5-6-10(11)13/h5-6,8-9H,3-4,7H2,1-2H3/b6-5+. The third-order valence-corrected chi connectivity index (χ3v) is 2.58. The lowest BCUT2D eigenvalue weighted by molar-refractivity contribution is -0.107. The molecule has 1 atom stereocenters. The van der Waals surface area contributed by atoms with Gasteiger partial charge in [0.15, 0.2) is 0 Å². The van der Waals surface area contributed by atoms with Crippen LogP contribution in [-0.4, -0.2) is 28.8 Å². The van der Waals surface area contributed by atoms with Crippen LogP contribution in [0, 0.1) is 0 Å². The molecule has 0 aromatic carbocycles. The van der Waals surface area contributed by atoms with Gasteiger partial charge in [0, 0.05) is 12.1 Å². The van der Waals surface area contributed by atoms with Gasteiger partial charge in [-0.25, -0.2) is 0 Å². The summed E-state index contributed by atoms with van der Waals surface area (Å²) in [6.45, 7) is 5.48. The molecule has 0 amide bonds. The van der Waals surface area contributed by atoms with Crippen LogP contribution in [0.25, 0.3) is 0 Å². The van der Waals surface area contributed by atoms with Gasteiger partial charge in [-0.05, 0) is 50.9 Å². The quantitative estimate of drug-likeness (QED) is 0.516. The second kappa shape index (κ2) is 4.77. The molecule has 0 aromatic rings. The molecule has 1 saturated heterocycles. The van der Waals surface area contributed by atoms with E-state index in [9.17, 15) is 4.79 Å². The van der Waals surface area contributed by atoms with Gasteiger partial charge in [-0.2, -0.15) is 0 Å². The Labute approximate surface area is 84.6 Å². The molecule has 74 valence electrons. The fourth-order valence-electron chi connectivity index (χ4n) is 1.85. The number of halogens is 1. The summed E-state index contributed by atoms with van der Waals surface area (Å²) < 4.78 is 0. The molecule has 3 heteroatoms. The van der Waals surface area contributed by atoms with E-state index >= 15 is 0 Å². The highest BCUT2D eigenvalue weighted by atomic mass is 35.5. The monoisotopic (exact) mass is 201 g/mol. The number of hydrogen-bond donors (Lipinski definition) is 0. The minimum atomic E-state index is -0.379. The lowest BCUT2D eigenvalue weighted by Crippen LogP contribution is -2.34.